The fraction of sp³-hybridized carbons (Fsp3) is 0.462. The first-order valence-electron chi connectivity index (χ1n) is 5.79. The molecule has 17 heavy (non-hydrogen) atoms. The van der Waals surface area contributed by atoms with Crippen LogP contribution in [-0.4, -0.2) is 32.3 Å². The van der Waals surface area contributed by atoms with Crippen LogP contribution in [0.4, 0.5) is 0 Å². The van der Waals surface area contributed by atoms with Crippen LogP contribution >= 0.6 is 0 Å². The number of hydrogen-bond donors (Lipinski definition) is 1. The van der Waals surface area contributed by atoms with Crippen molar-refractivity contribution in [2.75, 3.05) is 26.4 Å². The van der Waals surface area contributed by atoms with Crippen LogP contribution in [0.1, 0.15) is 12.5 Å². The van der Waals surface area contributed by atoms with Crippen LogP contribution in [0.15, 0.2) is 30.3 Å². The predicted molar refractivity (Wildman–Crippen MR) is 65.6 cm³/mol. The maximum atomic E-state index is 11.1. The Labute approximate surface area is 102 Å². The highest BCUT2D eigenvalue weighted by Crippen LogP contribution is 1.99. The highest BCUT2D eigenvalue weighted by atomic mass is 16.5. The average Bonchev–Trinajstić information content (AvgIpc) is 2.37. The molecule has 0 saturated heterocycles. The van der Waals surface area contributed by atoms with E-state index in [1.807, 2.05) is 37.3 Å². The third-order valence-corrected chi connectivity index (χ3v) is 2.12. The molecule has 1 rings (SSSR count). The number of hydrogen-bond acceptors (Lipinski definition) is 3. The van der Waals surface area contributed by atoms with Gasteiger partial charge in [0, 0.05) is 13.2 Å². The molecule has 0 aliphatic rings. The molecule has 4 nitrogen and oxygen atoms in total. The van der Waals surface area contributed by atoms with Gasteiger partial charge in [-0.3, -0.25) is 4.79 Å². The number of carbonyl (C=O) groups excluding carboxylic acids is 1. The molecule has 94 valence electrons. The Morgan fingerprint density at radius 2 is 2.00 bits per heavy atom. The number of nitrogens with one attached hydrogen (secondary N) is 1. The zero-order valence-electron chi connectivity index (χ0n) is 10.1. The van der Waals surface area contributed by atoms with Gasteiger partial charge < -0.3 is 14.8 Å². The van der Waals surface area contributed by atoms with Gasteiger partial charge in [-0.25, -0.2) is 0 Å². The van der Waals surface area contributed by atoms with Gasteiger partial charge in [-0.05, 0) is 12.5 Å². The summed E-state index contributed by atoms with van der Waals surface area (Å²) >= 11 is 0. The number of ether oxygens (including phenoxy) is 2. The second-order valence-electron chi connectivity index (χ2n) is 3.53. The fourth-order valence-electron chi connectivity index (χ4n) is 1.27. The van der Waals surface area contributed by atoms with Gasteiger partial charge in [-0.15, -0.1) is 0 Å². The second kappa shape index (κ2) is 8.73. The Balaban J connectivity index is 1.99. The third kappa shape index (κ3) is 6.71. The molecule has 0 bridgehead atoms. The molecule has 0 aromatic heterocycles. The summed E-state index contributed by atoms with van der Waals surface area (Å²) in [5, 5.41) is 2.71. The summed E-state index contributed by atoms with van der Waals surface area (Å²) in [5.74, 6) is -0.102. The zero-order valence-corrected chi connectivity index (χ0v) is 10.1. The summed E-state index contributed by atoms with van der Waals surface area (Å²) in [6, 6.07) is 9.93. The number of amides is 1. The first-order chi connectivity index (χ1) is 8.33. The number of rotatable bonds is 8. The van der Waals surface area contributed by atoms with Gasteiger partial charge >= 0.3 is 0 Å². The molecule has 4 heteroatoms. The lowest BCUT2D eigenvalue weighted by molar-refractivity contribution is -0.125. The third-order valence-electron chi connectivity index (χ3n) is 2.12. The lowest BCUT2D eigenvalue weighted by Crippen LogP contribution is -2.30. The fourth-order valence-corrected chi connectivity index (χ4v) is 1.27. The SMILES string of the molecule is CCOCC(=O)NCCOCc1ccccc1. The van der Waals surface area contributed by atoms with E-state index >= 15 is 0 Å². The minimum Gasteiger partial charge on any atom is -0.375 e. The van der Waals surface area contributed by atoms with Crippen molar-refractivity contribution in [3.63, 3.8) is 0 Å². The minimum atomic E-state index is -0.102. The molecule has 0 heterocycles. The van der Waals surface area contributed by atoms with Crippen LogP contribution in [0.5, 0.6) is 0 Å². The van der Waals surface area contributed by atoms with Gasteiger partial charge in [0.2, 0.25) is 5.91 Å². The molecule has 1 aromatic rings. The van der Waals surface area contributed by atoms with Crippen molar-refractivity contribution in [1.29, 1.82) is 0 Å². The normalized spacial score (nSPS) is 10.2. The van der Waals surface area contributed by atoms with Crippen molar-refractivity contribution in [3.8, 4) is 0 Å². The molecular weight excluding hydrogens is 218 g/mol. The van der Waals surface area contributed by atoms with Crippen molar-refractivity contribution in [1.82, 2.24) is 5.32 Å². The molecule has 0 fully saturated rings. The molecule has 1 aromatic carbocycles. The highest BCUT2D eigenvalue weighted by molar-refractivity contribution is 5.77. The van der Waals surface area contributed by atoms with Crippen molar-refractivity contribution in [2.24, 2.45) is 0 Å². The Hall–Kier alpha value is -1.39. The zero-order chi connectivity index (χ0) is 12.3. The Morgan fingerprint density at radius 3 is 2.71 bits per heavy atom. The summed E-state index contributed by atoms with van der Waals surface area (Å²) < 4.78 is 10.4. The summed E-state index contributed by atoms with van der Waals surface area (Å²) in [6.45, 7) is 4.12. The van der Waals surface area contributed by atoms with E-state index < -0.39 is 0 Å². The van der Waals surface area contributed by atoms with E-state index in [1.54, 1.807) is 0 Å². The molecule has 0 spiro atoms. The minimum absolute atomic E-state index is 0.102. The topological polar surface area (TPSA) is 47.6 Å². The van der Waals surface area contributed by atoms with E-state index in [0.29, 0.717) is 26.4 Å². The van der Waals surface area contributed by atoms with Crippen LogP contribution in [0.2, 0.25) is 0 Å². The molecule has 0 saturated carbocycles. The van der Waals surface area contributed by atoms with E-state index in [1.165, 1.54) is 0 Å². The van der Waals surface area contributed by atoms with Gasteiger partial charge in [0.05, 0.1) is 13.2 Å². The molecular formula is C13H19NO3. The molecule has 1 amide bonds. The van der Waals surface area contributed by atoms with E-state index in [0.717, 1.165) is 5.56 Å². The van der Waals surface area contributed by atoms with Crippen LogP contribution in [0.3, 0.4) is 0 Å². The van der Waals surface area contributed by atoms with Gasteiger partial charge in [0.1, 0.15) is 6.61 Å². The summed E-state index contributed by atoms with van der Waals surface area (Å²) in [4.78, 5) is 11.1. The first-order valence-corrected chi connectivity index (χ1v) is 5.79. The summed E-state index contributed by atoms with van der Waals surface area (Å²) in [5.41, 5.74) is 1.13. The second-order valence-corrected chi connectivity index (χ2v) is 3.53. The van der Waals surface area contributed by atoms with E-state index in [9.17, 15) is 4.79 Å². The molecule has 0 radical (unpaired) electrons. The van der Waals surface area contributed by atoms with Crippen LogP contribution in [0.25, 0.3) is 0 Å². The van der Waals surface area contributed by atoms with E-state index in [2.05, 4.69) is 5.32 Å². The van der Waals surface area contributed by atoms with Crippen molar-refractivity contribution >= 4 is 5.91 Å². The van der Waals surface area contributed by atoms with E-state index in [4.69, 9.17) is 9.47 Å². The predicted octanol–water partition coefficient (Wildman–Crippen LogP) is 1.36. The van der Waals surface area contributed by atoms with Crippen LogP contribution in [-0.2, 0) is 20.9 Å². The molecule has 0 aliphatic heterocycles. The Bertz CT molecular complexity index is 314. The number of benzene rings is 1. The van der Waals surface area contributed by atoms with Crippen molar-refractivity contribution in [2.45, 2.75) is 13.5 Å². The molecule has 0 unspecified atom stereocenters. The van der Waals surface area contributed by atoms with Gasteiger partial charge in [0.25, 0.3) is 0 Å². The van der Waals surface area contributed by atoms with Crippen LogP contribution in [0, 0.1) is 0 Å². The van der Waals surface area contributed by atoms with Gasteiger partial charge in [-0.1, -0.05) is 30.3 Å². The maximum Gasteiger partial charge on any atom is 0.246 e. The average molecular weight is 237 g/mol. The highest BCUT2D eigenvalue weighted by Gasteiger charge is 1.99. The summed E-state index contributed by atoms with van der Waals surface area (Å²) in [6.07, 6.45) is 0. The molecule has 0 atom stereocenters. The lowest BCUT2D eigenvalue weighted by atomic mass is 10.2. The van der Waals surface area contributed by atoms with Crippen LogP contribution < -0.4 is 5.32 Å². The van der Waals surface area contributed by atoms with E-state index in [-0.39, 0.29) is 12.5 Å². The number of carbonyl (C=O) groups is 1. The summed E-state index contributed by atoms with van der Waals surface area (Å²) in [7, 11) is 0. The Kier molecular flexibility index (Phi) is 7.02. The molecule has 1 N–H and O–H groups in total. The maximum absolute atomic E-state index is 11.1. The van der Waals surface area contributed by atoms with Crippen molar-refractivity contribution < 1.29 is 14.3 Å². The standard InChI is InChI=1S/C13H19NO3/c1-2-16-11-13(15)14-8-9-17-10-12-6-4-3-5-7-12/h3-7H,2,8-11H2,1H3,(H,14,15). The first kappa shape index (κ1) is 13.7. The van der Waals surface area contributed by atoms with Gasteiger partial charge in [0.15, 0.2) is 0 Å². The van der Waals surface area contributed by atoms with Gasteiger partial charge in [-0.2, -0.15) is 0 Å². The lowest BCUT2D eigenvalue weighted by Gasteiger charge is -2.06. The quantitative estimate of drug-likeness (QED) is 0.694. The van der Waals surface area contributed by atoms with Crippen molar-refractivity contribution in [3.05, 3.63) is 35.9 Å². The smallest absolute Gasteiger partial charge is 0.246 e. The monoisotopic (exact) mass is 237 g/mol. The molecule has 0 aliphatic carbocycles. The largest absolute Gasteiger partial charge is 0.375 e. The Morgan fingerprint density at radius 1 is 1.24 bits per heavy atom.